The molecular formula is C10H16N2OS. The Balaban J connectivity index is 2.56. The Kier molecular flexibility index (Phi) is 4.62. The molecule has 2 N–H and O–H groups in total. The lowest BCUT2D eigenvalue weighted by molar-refractivity contribution is 0.0768. The van der Waals surface area contributed by atoms with Gasteiger partial charge in [0.25, 0.3) is 5.91 Å². The normalized spacial score (nSPS) is 10.1. The number of hydrogen-bond acceptors (Lipinski definition) is 3. The van der Waals surface area contributed by atoms with Gasteiger partial charge in [0, 0.05) is 13.1 Å². The number of carbonyl (C=O) groups excluding carboxylic acids is 1. The van der Waals surface area contributed by atoms with Gasteiger partial charge >= 0.3 is 0 Å². The number of nitrogens with zero attached hydrogens (tertiary/aromatic N) is 1. The number of thiophene rings is 1. The third kappa shape index (κ3) is 2.82. The van der Waals surface area contributed by atoms with Crippen LogP contribution in [0.2, 0.25) is 0 Å². The maximum absolute atomic E-state index is 11.8. The monoisotopic (exact) mass is 212 g/mol. The molecule has 4 heteroatoms. The predicted octanol–water partition coefficient (Wildman–Crippen LogP) is 1.56. The fraction of sp³-hybridized carbons (Fsp3) is 0.500. The van der Waals surface area contributed by atoms with Gasteiger partial charge in [-0.05, 0) is 31.3 Å². The van der Waals surface area contributed by atoms with Gasteiger partial charge in [0.1, 0.15) is 0 Å². The van der Waals surface area contributed by atoms with Gasteiger partial charge < -0.3 is 10.6 Å². The molecule has 0 saturated carbocycles. The molecular weight excluding hydrogens is 196 g/mol. The SMILES string of the molecule is CCN(CCCN)C(=O)c1cccs1. The molecule has 1 amide bonds. The van der Waals surface area contributed by atoms with Crippen LogP contribution in [-0.4, -0.2) is 30.4 Å². The summed E-state index contributed by atoms with van der Waals surface area (Å²) in [5.41, 5.74) is 5.41. The molecule has 0 bridgehead atoms. The summed E-state index contributed by atoms with van der Waals surface area (Å²) >= 11 is 1.49. The van der Waals surface area contributed by atoms with E-state index in [1.54, 1.807) is 0 Å². The Hall–Kier alpha value is -0.870. The van der Waals surface area contributed by atoms with E-state index in [0.29, 0.717) is 6.54 Å². The van der Waals surface area contributed by atoms with Gasteiger partial charge in [0.2, 0.25) is 0 Å². The highest BCUT2D eigenvalue weighted by Crippen LogP contribution is 2.11. The summed E-state index contributed by atoms with van der Waals surface area (Å²) in [6, 6.07) is 3.76. The molecule has 0 saturated heterocycles. The Morgan fingerprint density at radius 2 is 2.43 bits per heavy atom. The molecule has 0 aromatic carbocycles. The van der Waals surface area contributed by atoms with E-state index in [-0.39, 0.29) is 5.91 Å². The van der Waals surface area contributed by atoms with Gasteiger partial charge in [-0.2, -0.15) is 0 Å². The molecule has 1 rings (SSSR count). The zero-order chi connectivity index (χ0) is 10.4. The molecule has 0 fully saturated rings. The summed E-state index contributed by atoms with van der Waals surface area (Å²) in [5.74, 6) is 0.121. The van der Waals surface area contributed by atoms with E-state index in [2.05, 4.69) is 0 Å². The standard InChI is InChI=1S/C10H16N2OS/c1-2-12(7-4-6-11)10(13)9-5-3-8-14-9/h3,5,8H,2,4,6-7,11H2,1H3. The second-order valence-electron chi connectivity index (χ2n) is 3.00. The van der Waals surface area contributed by atoms with Crippen molar-refractivity contribution in [2.45, 2.75) is 13.3 Å². The fourth-order valence-corrected chi connectivity index (χ4v) is 1.93. The van der Waals surface area contributed by atoms with Crippen molar-refractivity contribution in [3.05, 3.63) is 22.4 Å². The minimum Gasteiger partial charge on any atom is -0.338 e. The highest BCUT2D eigenvalue weighted by molar-refractivity contribution is 7.12. The van der Waals surface area contributed by atoms with Crippen LogP contribution in [0, 0.1) is 0 Å². The summed E-state index contributed by atoms with van der Waals surface area (Å²) in [4.78, 5) is 14.5. The van der Waals surface area contributed by atoms with Crippen LogP contribution in [0.5, 0.6) is 0 Å². The van der Waals surface area contributed by atoms with Crippen LogP contribution in [0.25, 0.3) is 0 Å². The van der Waals surface area contributed by atoms with Crippen molar-refractivity contribution in [3.8, 4) is 0 Å². The van der Waals surface area contributed by atoms with Crippen LogP contribution in [-0.2, 0) is 0 Å². The molecule has 0 atom stereocenters. The molecule has 14 heavy (non-hydrogen) atoms. The highest BCUT2D eigenvalue weighted by atomic mass is 32.1. The lowest BCUT2D eigenvalue weighted by Crippen LogP contribution is -2.32. The third-order valence-corrected chi connectivity index (χ3v) is 2.89. The summed E-state index contributed by atoms with van der Waals surface area (Å²) in [6.07, 6.45) is 0.866. The van der Waals surface area contributed by atoms with Crippen molar-refractivity contribution in [3.63, 3.8) is 0 Å². The first-order valence-corrected chi connectivity index (χ1v) is 5.70. The van der Waals surface area contributed by atoms with E-state index in [1.165, 1.54) is 11.3 Å². The quantitative estimate of drug-likeness (QED) is 0.805. The van der Waals surface area contributed by atoms with Crippen molar-refractivity contribution >= 4 is 17.2 Å². The molecule has 1 aromatic heterocycles. The van der Waals surface area contributed by atoms with Gasteiger partial charge in [-0.15, -0.1) is 11.3 Å². The van der Waals surface area contributed by atoms with Gasteiger partial charge in [0.05, 0.1) is 4.88 Å². The number of nitrogens with two attached hydrogens (primary N) is 1. The minimum absolute atomic E-state index is 0.121. The average Bonchev–Trinajstić information content (AvgIpc) is 2.71. The van der Waals surface area contributed by atoms with Crippen LogP contribution in [0.4, 0.5) is 0 Å². The molecule has 1 heterocycles. The molecule has 0 radical (unpaired) electrons. The third-order valence-electron chi connectivity index (χ3n) is 2.03. The van der Waals surface area contributed by atoms with E-state index < -0.39 is 0 Å². The second-order valence-corrected chi connectivity index (χ2v) is 3.95. The van der Waals surface area contributed by atoms with Crippen LogP contribution < -0.4 is 5.73 Å². The Bertz CT molecular complexity index is 272. The van der Waals surface area contributed by atoms with Crippen LogP contribution in [0.3, 0.4) is 0 Å². The van der Waals surface area contributed by atoms with Gasteiger partial charge in [-0.1, -0.05) is 6.07 Å². The van der Waals surface area contributed by atoms with Crippen molar-refractivity contribution in [2.24, 2.45) is 5.73 Å². The maximum Gasteiger partial charge on any atom is 0.263 e. The Labute approximate surface area is 88.5 Å². The smallest absolute Gasteiger partial charge is 0.263 e. The summed E-state index contributed by atoms with van der Waals surface area (Å²) in [6.45, 7) is 4.12. The first-order valence-electron chi connectivity index (χ1n) is 4.82. The first-order chi connectivity index (χ1) is 6.79. The van der Waals surface area contributed by atoms with Crippen molar-refractivity contribution in [1.82, 2.24) is 4.90 Å². The largest absolute Gasteiger partial charge is 0.338 e. The first kappa shape index (κ1) is 11.2. The molecule has 0 aliphatic heterocycles. The summed E-state index contributed by atoms with van der Waals surface area (Å²) in [7, 11) is 0. The van der Waals surface area contributed by atoms with Gasteiger partial charge in [-0.3, -0.25) is 4.79 Å². The zero-order valence-electron chi connectivity index (χ0n) is 8.40. The lowest BCUT2D eigenvalue weighted by atomic mass is 10.3. The van der Waals surface area contributed by atoms with Crippen molar-refractivity contribution in [1.29, 1.82) is 0 Å². The van der Waals surface area contributed by atoms with Crippen LogP contribution in [0.1, 0.15) is 23.0 Å². The van der Waals surface area contributed by atoms with Gasteiger partial charge in [-0.25, -0.2) is 0 Å². The topological polar surface area (TPSA) is 46.3 Å². The molecule has 0 unspecified atom stereocenters. The second kappa shape index (κ2) is 5.78. The average molecular weight is 212 g/mol. The lowest BCUT2D eigenvalue weighted by Gasteiger charge is -2.19. The highest BCUT2D eigenvalue weighted by Gasteiger charge is 2.13. The maximum atomic E-state index is 11.8. The molecule has 1 aromatic rings. The summed E-state index contributed by atoms with van der Waals surface area (Å²) < 4.78 is 0. The van der Waals surface area contributed by atoms with Crippen LogP contribution in [0.15, 0.2) is 17.5 Å². The number of carbonyl (C=O) groups is 1. The number of rotatable bonds is 5. The van der Waals surface area contributed by atoms with E-state index in [0.717, 1.165) is 24.4 Å². The van der Waals surface area contributed by atoms with E-state index in [1.807, 2.05) is 29.3 Å². The fourth-order valence-electron chi connectivity index (χ4n) is 1.24. The molecule has 0 aliphatic carbocycles. The number of hydrogen-bond donors (Lipinski definition) is 1. The van der Waals surface area contributed by atoms with E-state index in [4.69, 9.17) is 5.73 Å². The minimum atomic E-state index is 0.121. The van der Waals surface area contributed by atoms with Crippen molar-refractivity contribution < 1.29 is 4.79 Å². The molecule has 78 valence electrons. The molecule has 0 spiro atoms. The zero-order valence-corrected chi connectivity index (χ0v) is 9.22. The summed E-state index contributed by atoms with van der Waals surface area (Å²) in [5, 5.41) is 1.92. The van der Waals surface area contributed by atoms with E-state index in [9.17, 15) is 4.79 Å². The molecule has 3 nitrogen and oxygen atoms in total. The molecule has 0 aliphatic rings. The van der Waals surface area contributed by atoms with Crippen molar-refractivity contribution in [2.75, 3.05) is 19.6 Å². The van der Waals surface area contributed by atoms with Gasteiger partial charge in [0.15, 0.2) is 0 Å². The van der Waals surface area contributed by atoms with E-state index >= 15 is 0 Å². The predicted molar refractivity (Wildman–Crippen MR) is 59.6 cm³/mol. The van der Waals surface area contributed by atoms with Crippen LogP contribution >= 0.6 is 11.3 Å². The Morgan fingerprint density at radius 3 is 2.93 bits per heavy atom. The number of amides is 1. The Morgan fingerprint density at radius 1 is 1.64 bits per heavy atom.